The topological polar surface area (TPSA) is 74.0 Å². The maximum Gasteiger partial charge on any atom is 0.360 e. The molecule has 0 aliphatic rings. The van der Waals surface area contributed by atoms with Crippen LogP contribution in [0.15, 0.2) is 15.3 Å². The van der Waals surface area contributed by atoms with Crippen molar-refractivity contribution in [1.29, 1.82) is 0 Å². The average molecular weight is 179 g/mol. The second kappa shape index (κ2) is 2.35. The summed E-state index contributed by atoms with van der Waals surface area (Å²) in [5, 5.41) is 4.88. The molecule has 0 saturated heterocycles. The Balaban J connectivity index is 3.00. The van der Waals surface area contributed by atoms with E-state index in [0.29, 0.717) is 5.71 Å². The van der Waals surface area contributed by atoms with Crippen LogP contribution >= 0.6 is 0 Å². The van der Waals surface area contributed by atoms with Crippen molar-refractivity contribution in [1.82, 2.24) is 9.78 Å². The summed E-state index contributed by atoms with van der Waals surface area (Å²) < 4.78 is 6.48. The van der Waals surface area contributed by atoms with E-state index >= 15 is 0 Å². The fourth-order valence-corrected chi connectivity index (χ4v) is 1.30. The molecule has 0 spiro atoms. The predicted molar refractivity (Wildman–Crippen MR) is 48.4 cm³/mol. The Morgan fingerprint density at radius 1 is 1.62 bits per heavy atom. The molecule has 5 nitrogen and oxygen atoms in total. The molecule has 0 unspecified atom stereocenters. The first kappa shape index (κ1) is 7.85. The van der Waals surface area contributed by atoms with Gasteiger partial charge in [-0.1, -0.05) is 0 Å². The first-order valence-electron chi connectivity index (χ1n) is 3.82. The van der Waals surface area contributed by atoms with E-state index < -0.39 is 5.63 Å². The van der Waals surface area contributed by atoms with E-state index in [1.54, 1.807) is 13.1 Å². The monoisotopic (exact) mass is 179 g/mol. The lowest BCUT2D eigenvalue weighted by atomic mass is 10.3. The van der Waals surface area contributed by atoms with Gasteiger partial charge in [-0.15, -0.1) is 0 Å². The van der Waals surface area contributed by atoms with Crippen molar-refractivity contribution >= 4 is 16.8 Å². The molecular weight excluding hydrogens is 170 g/mol. The minimum absolute atomic E-state index is 0.114. The molecule has 0 atom stereocenters. The summed E-state index contributed by atoms with van der Waals surface area (Å²) in [6.07, 6.45) is 0. The lowest BCUT2D eigenvalue weighted by Crippen LogP contribution is -2.06. The SMILES string of the molecule is Cc1nn(C)c2oc(=O)c(N)cc12. The molecule has 2 heterocycles. The molecule has 0 aromatic carbocycles. The zero-order chi connectivity index (χ0) is 9.59. The second-order valence-corrected chi connectivity index (χ2v) is 2.92. The Morgan fingerprint density at radius 2 is 2.31 bits per heavy atom. The highest BCUT2D eigenvalue weighted by atomic mass is 16.4. The lowest BCUT2D eigenvalue weighted by Gasteiger charge is -1.92. The third-order valence-corrected chi connectivity index (χ3v) is 1.94. The number of aryl methyl sites for hydroxylation is 2. The van der Waals surface area contributed by atoms with Crippen molar-refractivity contribution in [3.05, 3.63) is 22.2 Å². The van der Waals surface area contributed by atoms with E-state index in [1.807, 2.05) is 6.92 Å². The number of nitrogen functional groups attached to an aromatic ring is 1. The molecule has 68 valence electrons. The van der Waals surface area contributed by atoms with E-state index in [4.69, 9.17) is 10.2 Å². The van der Waals surface area contributed by atoms with Crippen molar-refractivity contribution in [3.63, 3.8) is 0 Å². The summed E-state index contributed by atoms with van der Waals surface area (Å²) in [5.41, 5.74) is 6.27. The van der Waals surface area contributed by atoms with Gasteiger partial charge in [-0.2, -0.15) is 5.10 Å². The molecule has 2 aromatic heterocycles. The largest absolute Gasteiger partial charge is 0.402 e. The Hall–Kier alpha value is -1.78. The normalized spacial score (nSPS) is 10.9. The van der Waals surface area contributed by atoms with Crippen LogP contribution < -0.4 is 11.4 Å². The van der Waals surface area contributed by atoms with Gasteiger partial charge in [0, 0.05) is 7.05 Å². The number of aromatic nitrogens is 2. The van der Waals surface area contributed by atoms with Crippen molar-refractivity contribution in [2.75, 3.05) is 5.73 Å². The molecule has 0 radical (unpaired) electrons. The predicted octanol–water partition coefficient (Wildman–Crippen LogP) is 0.417. The standard InChI is InChI=1S/C8H9N3O2/c1-4-5-3-6(9)8(12)13-7(5)11(2)10-4/h3H,9H2,1-2H3. The quantitative estimate of drug-likeness (QED) is 0.635. The van der Waals surface area contributed by atoms with Crippen molar-refractivity contribution in [2.45, 2.75) is 6.92 Å². The molecule has 0 saturated carbocycles. The Bertz CT molecular complexity index is 524. The molecule has 2 N–H and O–H groups in total. The van der Waals surface area contributed by atoms with Gasteiger partial charge >= 0.3 is 5.63 Å². The number of nitrogens with zero attached hydrogens (tertiary/aromatic N) is 2. The van der Waals surface area contributed by atoms with Crippen LogP contribution in [0.1, 0.15) is 5.69 Å². The molecule has 0 aliphatic carbocycles. The number of nitrogens with two attached hydrogens (primary N) is 1. The lowest BCUT2D eigenvalue weighted by molar-refractivity contribution is 0.526. The fourth-order valence-electron chi connectivity index (χ4n) is 1.30. The van der Waals surface area contributed by atoms with Gasteiger partial charge in [0.05, 0.1) is 11.1 Å². The van der Waals surface area contributed by atoms with Gasteiger partial charge in [0.2, 0.25) is 5.71 Å². The van der Waals surface area contributed by atoms with Gasteiger partial charge in [0.1, 0.15) is 5.69 Å². The van der Waals surface area contributed by atoms with Crippen molar-refractivity contribution in [3.8, 4) is 0 Å². The Morgan fingerprint density at radius 3 is 3.00 bits per heavy atom. The minimum atomic E-state index is -0.518. The summed E-state index contributed by atoms with van der Waals surface area (Å²) in [4.78, 5) is 11.1. The van der Waals surface area contributed by atoms with Gasteiger partial charge in [0.25, 0.3) is 0 Å². The second-order valence-electron chi connectivity index (χ2n) is 2.92. The third kappa shape index (κ3) is 1.00. The smallest absolute Gasteiger partial charge is 0.360 e. The maximum atomic E-state index is 11.1. The third-order valence-electron chi connectivity index (χ3n) is 1.94. The molecule has 13 heavy (non-hydrogen) atoms. The molecular formula is C8H9N3O2. The number of rotatable bonds is 0. The fraction of sp³-hybridized carbons (Fsp3) is 0.250. The minimum Gasteiger partial charge on any atom is -0.402 e. The average Bonchev–Trinajstić information content (AvgIpc) is 2.31. The zero-order valence-corrected chi connectivity index (χ0v) is 7.37. The molecule has 5 heteroatoms. The van der Waals surface area contributed by atoms with Crippen LogP contribution in [0.5, 0.6) is 0 Å². The number of hydrogen-bond acceptors (Lipinski definition) is 4. The van der Waals surface area contributed by atoms with Gasteiger partial charge in [0.15, 0.2) is 0 Å². The van der Waals surface area contributed by atoms with Gasteiger partial charge < -0.3 is 10.2 Å². The van der Waals surface area contributed by atoms with Crippen molar-refractivity contribution < 1.29 is 4.42 Å². The highest BCUT2D eigenvalue weighted by Crippen LogP contribution is 2.16. The summed E-state index contributed by atoms with van der Waals surface area (Å²) >= 11 is 0. The van der Waals surface area contributed by atoms with Crippen LogP contribution in [0.3, 0.4) is 0 Å². The molecule has 0 amide bonds. The summed E-state index contributed by atoms with van der Waals surface area (Å²) in [5.74, 6) is 0. The molecule has 2 rings (SSSR count). The molecule has 0 aliphatic heterocycles. The Kier molecular flexibility index (Phi) is 1.42. The van der Waals surface area contributed by atoms with E-state index in [9.17, 15) is 4.79 Å². The first-order chi connectivity index (χ1) is 6.09. The van der Waals surface area contributed by atoms with E-state index in [2.05, 4.69) is 5.10 Å². The van der Waals surface area contributed by atoms with Gasteiger partial charge in [-0.25, -0.2) is 9.48 Å². The van der Waals surface area contributed by atoms with Crippen LogP contribution in [0.25, 0.3) is 11.1 Å². The highest BCUT2D eigenvalue weighted by Gasteiger charge is 2.09. The van der Waals surface area contributed by atoms with Crippen LogP contribution in [-0.4, -0.2) is 9.78 Å². The Labute approximate surface area is 73.8 Å². The maximum absolute atomic E-state index is 11.1. The summed E-state index contributed by atoms with van der Waals surface area (Å²) in [6, 6.07) is 1.59. The van der Waals surface area contributed by atoms with Crippen LogP contribution in [0.2, 0.25) is 0 Å². The van der Waals surface area contributed by atoms with Gasteiger partial charge in [-0.05, 0) is 13.0 Å². The molecule has 0 fully saturated rings. The molecule has 2 aromatic rings. The van der Waals surface area contributed by atoms with Crippen LogP contribution in [0.4, 0.5) is 5.69 Å². The van der Waals surface area contributed by atoms with E-state index in [0.717, 1.165) is 11.1 Å². The van der Waals surface area contributed by atoms with E-state index in [-0.39, 0.29) is 5.69 Å². The van der Waals surface area contributed by atoms with Gasteiger partial charge in [-0.3, -0.25) is 0 Å². The summed E-state index contributed by atoms with van der Waals surface area (Å²) in [7, 11) is 1.72. The number of hydrogen-bond donors (Lipinski definition) is 1. The first-order valence-corrected chi connectivity index (χ1v) is 3.82. The molecule has 0 bridgehead atoms. The zero-order valence-electron chi connectivity index (χ0n) is 7.37. The summed E-state index contributed by atoms with van der Waals surface area (Å²) in [6.45, 7) is 1.84. The van der Waals surface area contributed by atoms with Crippen LogP contribution in [0, 0.1) is 6.92 Å². The highest BCUT2D eigenvalue weighted by molar-refractivity contribution is 5.78. The number of fused-ring (bicyclic) bond motifs is 1. The van der Waals surface area contributed by atoms with Crippen molar-refractivity contribution in [2.24, 2.45) is 7.05 Å². The van der Waals surface area contributed by atoms with E-state index in [1.165, 1.54) is 4.68 Å². The van der Waals surface area contributed by atoms with Crippen LogP contribution in [-0.2, 0) is 7.05 Å². The number of anilines is 1.